The van der Waals surface area contributed by atoms with Crippen LogP contribution in [0.25, 0.3) is 0 Å². The fourth-order valence-corrected chi connectivity index (χ4v) is 2.13. The third kappa shape index (κ3) is 3.14. The lowest BCUT2D eigenvalue weighted by molar-refractivity contribution is -0.384. The maximum Gasteiger partial charge on any atom is 0.273 e. The number of nitrogens with one attached hydrogen (secondary N) is 1. The minimum absolute atomic E-state index is 0.0335. The van der Waals surface area contributed by atoms with Crippen LogP contribution in [0.1, 0.15) is 25.7 Å². The molecule has 0 aromatic heterocycles. The Morgan fingerprint density at radius 3 is 2.75 bits per heavy atom. The molecule has 0 saturated heterocycles. The van der Waals surface area contributed by atoms with E-state index in [2.05, 4.69) is 5.32 Å². The summed E-state index contributed by atoms with van der Waals surface area (Å²) in [6, 6.07) is 4.32. The van der Waals surface area contributed by atoms with Gasteiger partial charge in [-0.1, -0.05) is 0 Å². The Hall–Kier alpha value is -2.37. The molecular weight excluding hydrogens is 260 g/mol. The Balaban J connectivity index is 2.18. The van der Waals surface area contributed by atoms with Gasteiger partial charge in [-0.15, -0.1) is 0 Å². The third-order valence-corrected chi connectivity index (χ3v) is 3.26. The van der Waals surface area contributed by atoms with Crippen molar-refractivity contribution in [1.82, 2.24) is 0 Å². The van der Waals surface area contributed by atoms with Crippen molar-refractivity contribution in [3.8, 4) is 5.75 Å². The first-order valence-corrected chi connectivity index (χ1v) is 6.43. The lowest BCUT2D eigenvalue weighted by Gasteiger charge is -2.13. The number of nitrogens with zero attached hydrogens (tertiary/aromatic N) is 1. The maximum absolute atomic E-state index is 11.7. The quantitative estimate of drug-likeness (QED) is 0.519. The molecule has 6 heteroatoms. The van der Waals surface area contributed by atoms with Gasteiger partial charge in [-0.05, 0) is 25.3 Å². The van der Waals surface area contributed by atoms with E-state index in [4.69, 9.17) is 4.74 Å². The molecule has 1 saturated carbocycles. The second kappa shape index (κ2) is 6.18. The lowest BCUT2D eigenvalue weighted by Crippen LogP contribution is -2.10. The molecule has 2 rings (SSSR count). The van der Waals surface area contributed by atoms with E-state index in [-0.39, 0.29) is 11.5 Å². The molecule has 0 heterocycles. The highest BCUT2D eigenvalue weighted by Crippen LogP contribution is 2.29. The van der Waals surface area contributed by atoms with Crippen LogP contribution in [0.4, 0.5) is 11.4 Å². The van der Waals surface area contributed by atoms with Crippen LogP contribution in [-0.4, -0.2) is 17.8 Å². The Labute approximate surface area is 116 Å². The first kappa shape index (κ1) is 14.0. The molecule has 20 heavy (non-hydrogen) atoms. The molecule has 1 aromatic carbocycles. The minimum Gasteiger partial charge on any atom is -0.494 e. The van der Waals surface area contributed by atoms with Gasteiger partial charge in [-0.3, -0.25) is 14.9 Å². The zero-order valence-corrected chi connectivity index (χ0v) is 11.2. The second-order valence-corrected chi connectivity index (χ2v) is 4.59. The minimum atomic E-state index is -0.477. The van der Waals surface area contributed by atoms with Crippen molar-refractivity contribution in [2.45, 2.75) is 25.7 Å². The van der Waals surface area contributed by atoms with E-state index in [1.54, 1.807) is 12.3 Å². The number of rotatable bonds is 4. The third-order valence-electron chi connectivity index (χ3n) is 3.26. The van der Waals surface area contributed by atoms with Crippen LogP contribution in [0, 0.1) is 10.1 Å². The summed E-state index contributed by atoms with van der Waals surface area (Å²) in [5.41, 5.74) is 1.33. The van der Waals surface area contributed by atoms with Crippen molar-refractivity contribution in [3.05, 3.63) is 40.1 Å². The number of anilines is 1. The number of hydrogen-bond donors (Lipinski definition) is 1. The predicted molar refractivity (Wildman–Crippen MR) is 74.8 cm³/mol. The molecule has 0 bridgehead atoms. The second-order valence-electron chi connectivity index (χ2n) is 4.59. The number of ketones is 1. The zero-order valence-electron chi connectivity index (χ0n) is 11.2. The molecule has 106 valence electrons. The van der Waals surface area contributed by atoms with Gasteiger partial charge in [-0.2, -0.15) is 0 Å². The van der Waals surface area contributed by atoms with E-state index in [1.807, 2.05) is 0 Å². The van der Waals surface area contributed by atoms with Gasteiger partial charge in [0.05, 0.1) is 23.8 Å². The van der Waals surface area contributed by atoms with Crippen LogP contribution >= 0.6 is 0 Å². The van der Waals surface area contributed by atoms with E-state index >= 15 is 0 Å². The van der Waals surface area contributed by atoms with Gasteiger partial charge >= 0.3 is 0 Å². The highest BCUT2D eigenvalue weighted by molar-refractivity contribution is 5.96. The smallest absolute Gasteiger partial charge is 0.273 e. The molecule has 1 fully saturated rings. The summed E-state index contributed by atoms with van der Waals surface area (Å²) in [6.45, 7) is 0. The van der Waals surface area contributed by atoms with E-state index in [0.717, 1.165) is 24.8 Å². The molecule has 1 aromatic rings. The Morgan fingerprint density at radius 2 is 2.10 bits per heavy atom. The number of nitro groups is 1. The van der Waals surface area contributed by atoms with Gasteiger partial charge in [-0.25, -0.2) is 0 Å². The number of hydrogen-bond acceptors (Lipinski definition) is 5. The van der Waals surface area contributed by atoms with Gasteiger partial charge in [0.1, 0.15) is 5.75 Å². The van der Waals surface area contributed by atoms with E-state index in [9.17, 15) is 14.9 Å². The van der Waals surface area contributed by atoms with Gasteiger partial charge in [0.15, 0.2) is 5.78 Å². The van der Waals surface area contributed by atoms with Crippen LogP contribution in [0.2, 0.25) is 0 Å². The molecule has 0 aliphatic heterocycles. The fourth-order valence-electron chi connectivity index (χ4n) is 2.13. The highest BCUT2D eigenvalue weighted by Gasteiger charge is 2.15. The molecule has 1 aliphatic carbocycles. The first-order chi connectivity index (χ1) is 9.61. The standard InChI is InChI=1S/C14H16N2O4/c1-20-14-8-11(16(18)19)6-7-12(14)15-9-10-4-2-3-5-13(10)17/h6-9,15H,2-5H2,1H3/b10-9-. The Bertz CT molecular complexity index is 566. The summed E-state index contributed by atoms with van der Waals surface area (Å²) in [6.07, 6.45) is 4.98. The fraction of sp³-hybridized carbons (Fsp3) is 0.357. The molecular formula is C14H16N2O4. The number of allylic oxidation sites excluding steroid dienone is 1. The topological polar surface area (TPSA) is 81.5 Å². The van der Waals surface area contributed by atoms with Crippen molar-refractivity contribution in [2.24, 2.45) is 0 Å². The van der Waals surface area contributed by atoms with Crippen LogP contribution in [0.5, 0.6) is 5.75 Å². The number of carbonyl (C=O) groups excluding carboxylic acids is 1. The highest BCUT2D eigenvalue weighted by atomic mass is 16.6. The van der Waals surface area contributed by atoms with Gasteiger partial charge in [0.25, 0.3) is 5.69 Å². The number of ether oxygens (including phenoxy) is 1. The number of Topliss-reactive ketones (excluding diaryl/α,β-unsaturated/α-hetero) is 1. The lowest BCUT2D eigenvalue weighted by atomic mass is 9.94. The Morgan fingerprint density at radius 1 is 1.35 bits per heavy atom. The molecule has 6 nitrogen and oxygen atoms in total. The summed E-state index contributed by atoms with van der Waals surface area (Å²) < 4.78 is 5.12. The molecule has 0 spiro atoms. The van der Waals surface area contributed by atoms with Crippen LogP contribution < -0.4 is 10.1 Å². The number of carbonyl (C=O) groups is 1. The van der Waals surface area contributed by atoms with Crippen molar-refractivity contribution < 1.29 is 14.5 Å². The van der Waals surface area contributed by atoms with Crippen LogP contribution in [0.3, 0.4) is 0 Å². The van der Waals surface area contributed by atoms with Gasteiger partial charge < -0.3 is 10.1 Å². The summed E-state index contributed by atoms with van der Waals surface area (Å²) in [5, 5.41) is 13.7. The average molecular weight is 276 g/mol. The molecule has 0 atom stereocenters. The SMILES string of the molecule is COc1cc([N+](=O)[O-])ccc1N/C=C1/CCCCC1=O. The number of non-ortho nitro benzene ring substituents is 1. The predicted octanol–water partition coefficient (Wildman–Crippen LogP) is 3.04. The Kier molecular flexibility index (Phi) is 4.34. The van der Waals surface area contributed by atoms with Gasteiger partial charge in [0, 0.05) is 24.3 Å². The number of benzene rings is 1. The first-order valence-electron chi connectivity index (χ1n) is 6.43. The van der Waals surface area contributed by atoms with Crippen LogP contribution in [-0.2, 0) is 4.79 Å². The summed E-state index contributed by atoms with van der Waals surface area (Å²) in [7, 11) is 1.45. The number of nitro benzene ring substituents is 1. The van der Waals surface area contributed by atoms with E-state index < -0.39 is 4.92 Å². The van der Waals surface area contributed by atoms with Crippen molar-refractivity contribution >= 4 is 17.2 Å². The molecule has 0 radical (unpaired) electrons. The van der Waals surface area contributed by atoms with Crippen LogP contribution in [0.15, 0.2) is 30.0 Å². The number of methoxy groups -OCH3 is 1. The molecule has 0 unspecified atom stereocenters. The van der Waals surface area contributed by atoms with E-state index in [0.29, 0.717) is 17.9 Å². The normalized spacial score (nSPS) is 17.1. The summed E-state index contributed by atoms with van der Waals surface area (Å²) in [5.74, 6) is 0.531. The van der Waals surface area contributed by atoms with E-state index in [1.165, 1.54) is 19.2 Å². The van der Waals surface area contributed by atoms with Crippen molar-refractivity contribution in [2.75, 3.05) is 12.4 Å². The largest absolute Gasteiger partial charge is 0.494 e. The molecule has 1 N–H and O–H groups in total. The zero-order chi connectivity index (χ0) is 14.5. The summed E-state index contributed by atoms with van der Waals surface area (Å²) in [4.78, 5) is 21.9. The molecule has 0 amide bonds. The summed E-state index contributed by atoms with van der Waals surface area (Å²) >= 11 is 0. The van der Waals surface area contributed by atoms with Gasteiger partial charge in [0.2, 0.25) is 0 Å². The van der Waals surface area contributed by atoms with Crippen molar-refractivity contribution in [3.63, 3.8) is 0 Å². The maximum atomic E-state index is 11.7. The monoisotopic (exact) mass is 276 g/mol. The molecule has 1 aliphatic rings. The average Bonchev–Trinajstić information content (AvgIpc) is 2.46. The van der Waals surface area contributed by atoms with Crippen molar-refractivity contribution in [1.29, 1.82) is 0 Å².